The quantitative estimate of drug-likeness (QED) is 0.673. The van der Waals surface area contributed by atoms with Crippen molar-refractivity contribution >= 4 is 32.5 Å². The first kappa shape index (κ1) is 18.7. The van der Waals surface area contributed by atoms with Gasteiger partial charge < -0.3 is 14.4 Å². The Labute approximate surface area is 157 Å². The fourth-order valence-electron chi connectivity index (χ4n) is 2.75. The van der Waals surface area contributed by atoms with Crippen LogP contribution in [0.4, 0.5) is 0 Å². The van der Waals surface area contributed by atoms with E-state index >= 15 is 0 Å². The van der Waals surface area contributed by atoms with Crippen LogP contribution in [0.1, 0.15) is 11.7 Å². The highest BCUT2D eigenvalue weighted by Crippen LogP contribution is 2.27. The van der Waals surface area contributed by atoms with Gasteiger partial charge in [0.2, 0.25) is 10.0 Å². The first-order valence-electron chi connectivity index (χ1n) is 7.88. The van der Waals surface area contributed by atoms with E-state index in [4.69, 9.17) is 16.3 Å². The zero-order chi connectivity index (χ0) is 18.9. The zero-order valence-corrected chi connectivity index (χ0v) is 15.9. The van der Waals surface area contributed by atoms with Crippen LogP contribution >= 0.6 is 11.6 Å². The Balaban J connectivity index is 1.79. The van der Waals surface area contributed by atoms with Crippen molar-refractivity contribution in [3.8, 4) is 5.75 Å². The number of halogens is 1. The predicted octanol–water partition coefficient (Wildman–Crippen LogP) is 2.85. The van der Waals surface area contributed by atoms with Gasteiger partial charge in [-0.05, 0) is 47.3 Å². The highest BCUT2D eigenvalue weighted by Gasteiger charge is 2.21. The Morgan fingerprint density at radius 2 is 2.00 bits per heavy atom. The summed E-state index contributed by atoms with van der Waals surface area (Å²) >= 11 is 5.90. The maximum Gasteiger partial charge on any atom is 0.244 e. The van der Waals surface area contributed by atoms with E-state index < -0.39 is 16.1 Å². The van der Waals surface area contributed by atoms with Crippen molar-refractivity contribution in [2.24, 2.45) is 7.05 Å². The lowest BCUT2D eigenvalue weighted by Crippen LogP contribution is -2.28. The van der Waals surface area contributed by atoms with Crippen LogP contribution in [-0.4, -0.2) is 31.7 Å². The number of hydrogen-bond acceptors (Lipinski definition) is 4. The van der Waals surface area contributed by atoms with Gasteiger partial charge in [0.05, 0.1) is 13.2 Å². The predicted molar refractivity (Wildman–Crippen MR) is 101 cm³/mol. The molecule has 0 fully saturated rings. The van der Waals surface area contributed by atoms with E-state index in [9.17, 15) is 13.5 Å². The first-order chi connectivity index (χ1) is 12.3. The molecular weight excluding hydrogens is 376 g/mol. The van der Waals surface area contributed by atoms with Crippen LogP contribution in [0.3, 0.4) is 0 Å². The van der Waals surface area contributed by atoms with Crippen LogP contribution in [-0.2, 0) is 17.1 Å². The average molecular weight is 395 g/mol. The van der Waals surface area contributed by atoms with Crippen LogP contribution in [0.25, 0.3) is 10.9 Å². The molecule has 0 bridgehead atoms. The molecule has 0 unspecified atom stereocenters. The number of aryl methyl sites for hydroxylation is 1. The normalized spacial score (nSPS) is 13.1. The molecule has 0 spiro atoms. The Hall–Kier alpha value is -2.06. The van der Waals surface area contributed by atoms with Crippen molar-refractivity contribution in [3.05, 3.63) is 59.2 Å². The molecule has 3 rings (SSSR count). The number of fused-ring (bicyclic) bond motifs is 1. The molecular formula is C18H19ClN2O4S. The minimum absolute atomic E-state index is 0.0711. The molecule has 6 nitrogen and oxygen atoms in total. The van der Waals surface area contributed by atoms with Crippen LogP contribution < -0.4 is 9.46 Å². The number of ether oxygens (including phenoxy) is 1. The lowest BCUT2D eigenvalue weighted by molar-refractivity contribution is 0.182. The van der Waals surface area contributed by atoms with Gasteiger partial charge in [0, 0.05) is 30.3 Å². The second kappa shape index (κ2) is 7.28. The number of aliphatic hydroxyl groups is 1. The Kier molecular flexibility index (Phi) is 5.24. The standard InChI is InChI=1S/C18H19ClN2O4S/c1-21-8-7-12-9-13(3-5-15(12)21)16(22)11-20-26(23,24)18-10-14(19)4-6-17(18)25-2/h3-10,16,20,22H,11H2,1-2H3/t16-/m1/s1. The topological polar surface area (TPSA) is 80.6 Å². The monoisotopic (exact) mass is 394 g/mol. The molecule has 138 valence electrons. The number of nitrogens with one attached hydrogen (secondary N) is 1. The highest BCUT2D eigenvalue weighted by molar-refractivity contribution is 7.89. The maximum absolute atomic E-state index is 12.6. The van der Waals surface area contributed by atoms with Gasteiger partial charge in [-0.2, -0.15) is 0 Å². The number of hydrogen-bond donors (Lipinski definition) is 2. The zero-order valence-electron chi connectivity index (χ0n) is 14.3. The summed E-state index contributed by atoms with van der Waals surface area (Å²) in [4.78, 5) is -0.0711. The molecule has 0 saturated heterocycles. The molecule has 0 aliphatic heterocycles. The highest BCUT2D eigenvalue weighted by atomic mass is 35.5. The van der Waals surface area contributed by atoms with Gasteiger partial charge in [-0.1, -0.05) is 17.7 Å². The number of methoxy groups -OCH3 is 1. The van der Waals surface area contributed by atoms with E-state index in [0.717, 1.165) is 10.9 Å². The van der Waals surface area contributed by atoms with Crippen LogP contribution in [0, 0.1) is 0 Å². The molecule has 0 aliphatic rings. The third-order valence-corrected chi connectivity index (χ3v) is 5.86. The number of sulfonamides is 1. The molecule has 2 N–H and O–H groups in total. The minimum Gasteiger partial charge on any atom is -0.495 e. The molecule has 0 saturated carbocycles. The Bertz CT molecular complexity index is 1050. The van der Waals surface area contributed by atoms with Crippen molar-refractivity contribution in [1.82, 2.24) is 9.29 Å². The fourth-order valence-corrected chi connectivity index (χ4v) is 4.22. The van der Waals surface area contributed by atoms with E-state index in [0.29, 0.717) is 5.56 Å². The van der Waals surface area contributed by atoms with E-state index in [1.165, 1.54) is 19.2 Å². The van der Waals surface area contributed by atoms with Gasteiger partial charge >= 0.3 is 0 Å². The summed E-state index contributed by atoms with van der Waals surface area (Å²) in [6.45, 7) is -0.170. The minimum atomic E-state index is -3.89. The molecule has 1 aromatic heterocycles. The number of aliphatic hydroxyl groups excluding tert-OH is 1. The molecule has 0 amide bonds. The summed E-state index contributed by atoms with van der Waals surface area (Å²) in [6.07, 6.45) is 0.939. The lowest BCUT2D eigenvalue weighted by Gasteiger charge is -2.15. The summed E-state index contributed by atoms with van der Waals surface area (Å²) < 4.78 is 34.6. The molecule has 0 aliphatic carbocycles. The molecule has 26 heavy (non-hydrogen) atoms. The van der Waals surface area contributed by atoms with Crippen molar-refractivity contribution in [1.29, 1.82) is 0 Å². The third kappa shape index (κ3) is 3.71. The number of nitrogens with zero attached hydrogens (tertiary/aromatic N) is 1. The van der Waals surface area contributed by atoms with Gasteiger partial charge in [-0.15, -0.1) is 0 Å². The average Bonchev–Trinajstić information content (AvgIpc) is 3.00. The Morgan fingerprint density at radius 1 is 1.23 bits per heavy atom. The fraction of sp³-hybridized carbons (Fsp3) is 0.222. The molecule has 2 aromatic carbocycles. The van der Waals surface area contributed by atoms with Crippen LogP contribution in [0.15, 0.2) is 53.6 Å². The lowest BCUT2D eigenvalue weighted by atomic mass is 10.1. The van der Waals surface area contributed by atoms with Crippen molar-refractivity contribution < 1.29 is 18.3 Å². The summed E-state index contributed by atoms with van der Waals surface area (Å²) in [5.41, 5.74) is 1.66. The number of aromatic nitrogens is 1. The molecule has 8 heteroatoms. The van der Waals surface area contributed by atoms with E-state index in [2.05, 4.69) is 4.72 Å². The van der Waals surface area contributed by atoms with Crippen LogP contribution in [0.2, 0.25) is 5.02 Å². The summed E-state index contributed by atoms with van der Waals surface area (Å²) in [5.74, 6) is 0.182. The molecule has 1 heterocycles. The first-order valence-corrected chi connectivity index (χ1v) is 9.74. The van der Waals surface area contributed by atoms with Crippen molar-refractivity contribution in [2.75, 3.05) is 13.7 Å². The van der Waals surface area contributed by atoms with E-state index in [1.807, 2.05) is 36.0 Å². The van der Waals surface area contributed by atoms with Gasteiger partial charge in [-0.25, -0.2) is 13.1 Å². The maximum atomic E-state index is 12.6. The van der Waals surface area contributed by atoms with Gasteiger partial charge in [0.25, 0.3) is 0 Å². The Morgan fingerprint density at radius 3 is 2.73 bits per heavy atom. The smallest absolute Gasteiger partial charge is 0.244 e. The molecule has 0 radical (unpaired) electrons. The third-order valence-electron chi connectivity index (χ3n) is 4.18. The van der Waals surface area contributed by atoms with Gasteiger partial charge in [0.15, 0.2) is 0 Å². The second-order valence-electron chi connectivity index (χ2n) is 5.91. The number of benzene rings is 2. The molecule has 3 aromatic rings. The SMILES string of the molecule is COc1ccc(Cl)cc1S(=O)(=O)NC[C@@H](O)c1ccc2c(ccn2C)c1. The largest absolute Gasteiger partial charge is 0.495 e. The second-order valence-corrected chi connectivity index (χ2v) is 8.08. The van der Waals surface area contributed by atoms with Crippen molar-refractivity contribution in [3.63, 3.8) is 0 Å². The van der Waals surface area contributed by atoms with Crippen LogP contribution in [0.5, 0.6) is 5.75 Å². The van der Waals surface area contributed by atoms with E-state index in [1.54, 1.807) is 12.1 Å². The van der Waals surface area contributed by atoms with E-state index in [-0.39, 0.29) is 22.2 Å². The van der Waals surface area contributed by atoms with Crippen molar-refractivity contribution in [2.45, 2.75) is 11.0 Å². The molecule has 1 atom stereocenters. The van der Waals surface area contributed by atoms with Gasteiger partial charge in [0.1, 0.15) is 10.6 Å². The number of rotatable bonds is 6. The van der Waals surface area contributed by atoms with Gasteiger partial charge in [-0.3, -0.25) is 0 Å². The summed E-state index contributed by atoms with van der Waals surface area (Å²) in [6, 6.07) is 11.8. The summed E-state index contributed by atoms with van der Waals surface area (Å²) in [7, 11) is -0.574. The summed E-state index contributed by atoms with van der Waals surface area (Å²) in [5, 5.41) is 11.6.